The number of halogens is 4. The molecule has 55 heavy (non-hydrogen) atoms. The molecule has 3 N–H and O–H groups in total. The van der Waals surface area contributed by atoms with E-state index in [0.29, 0.717) is 78.1 Å². The van der Waals surface area contributed by atoms with Crippen molar-refractivity contribution >= 4 is 45.6 Å². The summed E-state index contributed by atoms with van der Waals surface area (Å²) in [6.07, 6.45) is 0.403. The summed E-state index contributed by atoms with van der Waals surface area (Å²) in [6.45, 7) is 4.00. The van der Waals surface area contributed by atoms with Crippen LogP contribution in [0.5, 0.6) is 11.5 Å². The topological polar surface area (TPSA) is 133 Å². The van der Waals surface area contributed by atoms with Crippen LogP contribution in [0.15, 0.2) is 53.9 Å². The molecule has 17 heteroatoms. The predicted octanol–water partition coefficient (Wildman–Crippen LogP) is 5.65. The molecule has 12 nitrogen and oxygen atoms in total. The predicted molar refractivity (Wildman–Crippen MR) is 202 cm³/mol. The Balaban J connectivity index is 0.876. The molecule has 2 atom stereocenters. The van der Waals surface area contributed by atoms with Gasteiger partial charge in [0.25, 0.3) is 5.91 Å². The van der Waals surface area contributed by atoms with E-state index in [2.05, 4.69) is 25.8 Å². The zero-order chi connectivity index (χ0) is 38.7. The number of rotatable bonds is 17. The van der Waals surface area contributed by atoms with Gasteiger partial charge in [0.05, 0.1) is 64.2 Å². The van der Waals surface area contributed by atoms with Crippen LogP contribution < -0.4 is 30.3 Å². The monoisotopic (exact) mass is 803 g/mol. The van der Waals surface area contributed by atoms with Crippen molar-refractivity contribution in [1.82, 2.24) is 15.6 Å². The Bertz CT molecular complexity index is 1950. The van der Waals surface area contributed by atoms with Gasteiger partial charge in [0.1, 0.15) is 18.2 Å². The molecule has 3 aromatic carbocycles. The smallest absolute Gasteiger partial charge is 0.251 e. The number of aromatic nitrogens is 1. The van der Waals surface area contributed by atoms with Crippen LogP contribution in [0, 0.1) is 17.5 Å². The molecule has 0 radical (unpaired) electrons. The van der Waals surface area contributed by atoms with Crippen molar-refractivity contribution in [2.75, 3.05) is 89.8 Å². The number of benzene rings is 3. The maximum absolute atomic E-state index is 14.8. The number of nitrogens with one attached hydrogen (secondary N) is 3. The van der Waals surface area contributed by atoms with E-state index in [9.17, 15) is 22.8 Å². The number of hydrogen-bond acceptors (Lipinski definition) is 11. The minimum absolute atomic E-state index is 0.0285. The Hall–Kier alpha value is -4.45. The average Bonchev–Trinajstić information content (AvgIpc) is 3.89. The number of thiazole rings is 1. The van der Waals surface area contributed by atoms with E-state index in [1.807, 2.05) is 0 Å². The first kappa shape index (κ1) is 40.2. The van der Waals surface area contributed by atoms with E-state index in [1.54, 1.807) is 29.6 Å². The lowest BCUT2D eigenvalue weighted by Gasteiger charge is -2.26. The van der Waals surface area contributed by atoms with Gasteiger partial charge in [0.15, 0.2) is 16.7 Å². The van der Waals surface area contributed by atoms with Crippen molar-refractivity contribution in [3.8, 4) is 22.8 Å². The first-order valence-corrected chi connectivity index (χ1v) is 19.0. The maximum atomic E-state index is 14.8. The second-order valence-electron chi connectivity index (χ2n) is 12.6. The third kappa shape index (κ3) is 10.4. The highest BCUT2D eigenvalue weighted by Gasteiger charge is 2.32. The van der Waals surface area contributed by atoms with Crippen LogP contribution in [0.3, 0.4) is 0 Å². The highest BCUT2D eigenvalue weighted by molar-refractivity contribution is 7.14. The van der Waals surface area contributed by atoms with Crippen molar-refractivity contribution in [2.24, 2.45) is 0 Å². The van der Waals surface area contributed by atoms with Gasteiger partial charge >= 0.3 is 0 Å². The van der Waals surface area contributed by atoms with Gasteiger partial charge in [-0.1, -0.05) is 17.7 Å². The number of ether oxygens (including phenoxy) is 5. The summed E-state index contributed by atoms with van der Waals surface area (Å²) in [7, 11) is 1.43. The molecule has 4 aromatic rings. The standard InChI is InChI=1S/C38H41ClF3N5O7S/c1-50-33-19-23(2-7-30(33)45-37(49)31-18-24(21-44-31)26-4-3-25(39)20-29(26)41)36(48)43-8-11-51-14-15-53-16-17-54-35-27(5-6-28(40)34(35)42)32-22-55-38(46-32)47-9-12-52-13-10-47/h2-7,19-20,22,24,31,44H,8-18,21H2,1H3,(H,43,48)(H,45,49)/t24-,31-/m1/s1. The molecule has 0 unspecified atom stereocenters. The van der Waals surface area contributed by atoms with E-state index in [1.165, 1.54) is 36.6 Å². The van der Waals surface area contributed by atoms with Crippen molar-refractivity contribution in [2.45, 2.75) is 18.4 Å². The molecular weight excluding hydrogens is 763 g/mol. The van der Waals surface area contributed by atoms with Crippen molar-refractivity contribution < 1.29 is 46.4 Å². The molecule has 2 amide bonds. The summed E-state index contributed by atoms with van der Waals surface area (Å²) < 4.78 is 70.8. The molecular formula is C38H41ClF3N5O7S. The highest BCUT2D eigenvalue weighted by Crippen LogP contribution is 2.37. The van der Waals surface area contributed by atoms with Gasteiger partial charge < -0.3 is 44.5 Å². The Morgan fingerprint density at radius 3 is 2.56 bits per heavy atom. The number of morpholine rings is 1. The van der Waals surface area contributed by atoms with Crippen LogP contribution in [-0.4, -0.2) is 102 Å². The Labute approximate surface area is 325 Å². The van der Waals surface area contributed by atoms with E-state index in [0.717, 1.165) is 11.2 Å². The number of nitrogens with zero attached hydrogens (tertiary/aromatic N) is 2. The third-order valence-electron chi connectivity index (χ3n) is 9.05. The SMILES string of the molecule is COc1cc(C(=O)NCCOCCOCCOc2c(-c3csc(N4CCOCC4)n3)ccc(F)c2F)ccc1NC(=O)[C@H]1C[C@@H](c2ccc(Cl)cc2F)CN1. The molecule has 1 aromatic heterocycles. The van der Waals surface area contributed by atoms with Crippen molar-refractivity contribution in [3.05, 3.63) is 87.5 Å². The fourth-order valence-electron chi connectivity index (χ4n) is 6.19. The second kappa shape index (κ2) is 19.4. The summed E-state index contributed by atoms with van der Waals surface area (Å²) in [5.41, 5.74) is 2.05. The number of anilines is 2. The van der Waals surface area contributed by atoms with Gasteiger partial charge in [-0.2, -0.15) is 4.39 Å². The summed E-state index contributed by atoms with van der Waals surface area (Å²) >= 11 is 7.29. The quantitative estimate of drug-likeness (QED) is 0.115. The van der Waals surface area contributed by atoms with Gasteiger partial charge in [0, 0.05) is 53.6 Å². The van der Waals surface area contributed by atoms with Gasteiger partial charge in [-0.05, 0) is 54.4 Å². The van der Waals surface area contributed by atoms with E-state index in [4.69, 9.17) is 35.3 Å². The first-order valence-electron chi connectivity index (χ1n) is 17.7. The molecule has 2 fully saturated rings. The van der Waals surface area contributed by atoms with Gasteiger partial charge in [0.2, 0.25) is 11.7 Å². The largest absolute Gasteiger partial charge is 0.495 e. The molecule has 2 saturated heterocycles. The molecule has 0 bridgehead atoms. The van der Waals surface area contributed by atoms with Crippen molar-refractivity contribution in [1.29, 1.82) is 0 Å². The minimum Gasteiger partial charge on any atom is -0.495 e. The lowest BCUT2D eigenvalue weighted by atomic mass is 9.95. The zero-order valence-electron chi connectivity index (χ0n) is 30.0. The Morgan fingerprint density at radius 1 is 1.00 bits per heavy atom. The molecule has 2 aliphatic rings. The fourth-order valence-corrected chi connectivity index (χ4v) is 7.22. The molecule has 294 valence electrons. The lowest BCUT2D eigenvalue weighted by Crippen LogP contribution is -2.36. The Morgan fingerprint density at radius 2 is 1.78 bits per heavy atom. The first-order chi connectivity index (χ1) is 26.7. The van der Waals surface area contributed by atoms with Crippen molar-refractivity contribution in [3.63, 3.8) is 0 Å². The molecule has 2 aliphatic heterocycles. The maximum Gasteiger partial charge on any atom is 0.251 e. The summed E-state index contributed by atoms with van der Waals surface area (Å²) in [5, 5.41) is 11.6. The summed E-state index contributed by atoms with van der Waals surface area (Å²) in [5.74, 6) is -3.30. The minimum atomic E-state index is -1.09. The molecule has 0 aliphatic carbocycles. The number of hydrogen-bond donors (Lipinski definition) is 3. The normalized spacial score (nSPS) is 16.9. The number of amides is 2. The number of carbonyl (C=O) groups excluding carboxylic acids is 2. The number of methoxy groups -OCH3 is 1. The summed E-state index contributed by atoms with van der Waals surface area (Å²) in [6, 6.07) is 11.2. The van der Waals surface area contributed by atoms with E-state index in [-0.39, 0.29) is 63.1 Å². The van der Waals surface area contributed by atoms with E-state index < -0.39 is 23.5 Å². The zero-order valence-corrected chi connectivity index (χ0v) is 31.6. The van der Waals surface area contributed by atoms with E-state index >= 15 is 0 Å². The molecule has 6 rings (SSSR count). The molecule has 3 heterocycles. The van der Waals surface area contributed by atoms with Gasteiger partial charge in [-0.25, -0.2) is 13.8 Å². The second-order valence-corrected chi connectivity index (χ2v) is 13.9. The van der Waals surface area contributed by atoms with Crippen LogP contribution in [0.2, 0.25) is 5.02 Å². The fraction of sp³-hybridized carbons (Fsp3) is 0.395. The van der Waals surface area contributed by atoms with Gasteiger partial charge in [-0.3, -0.25) is 9.59 Å². The van der Waals surface area contributed by atoms with Crippen LogP contribution >= 0.6 is 22.9 Å². The van der Waals surface area contributed by atoms with Crippen LogP contribution in [0.1, 0.15) is 28.3 Å². The lowest BCUT2D eigenvalue weighted by molar-refractivity contribution is -0.117. The number of carbonyl (C=O) groups is 2. The van der Waals surface area contributed by atoms with Crippen LogP contribution in [0.25, 0.3) is 11.3 Å². The molecule has 0 saturated carbocycles. The summed E-state index contributed by atoms with van der Waals surface area (Å²) in [4.78, 5) is 32.5. The van der Waals surface area contributed by atoms with Gasteiger partial charge in [-0.15, -0.1) is 11.3 Å². The Kier molecular flexibility index (Phi) is 14.2. The third-order valence-corrected chi connectivity index (χ3v) is 10.2. The average molecular weight is 804 g/mol. The van der Waals surface area contributed by atoms with Crippen LogP contribution in [-0.2, 0) is 19.0 Å². The highest BCUT2D eigenvalue weighted by atomic mass is 35.5. The van der Waals surface area contributed by atoms with Crippen LogP contribution in [0.4, 0.5) is 24.0 Å². The molecule has 0 spiro atoms.